The van der Waals surface area contributed by atoms with E-state index in [-0.39, 0.29) is 24.9 Å². The van der Waals surface area contributed by atoms with E-state index in [1.807, 2.05) is 49.3 Å². The molecule has 6 N–H and O–H groups in total. The van der Waals surface area contributed by atoms with E-state index < -0.39 is 6.09 Å². The molecule has 41 heavy (non-hydrogen) atoms. The fourth-order valence-corrected chi connectivity index (χ4v) is 4.30. The van der Waals surface area contributed by atoms with Crippen molar-refractivity contribution in [1.29, 1.82) is 0 Å². The van der Waals surface area contributed by atoms with Crippen molar-refractivity contribution in [2.45, 2.75) is 0 Å². The smallest absolute Gasteiger partial charge is 0.404 e. The van der Waals surface area contributed by atoms with Gasteiger partial charge in [0.05, 0.1) is 22.1 Å². The zero-order chi connectivity index (χ0) is 28.9. The van der Waals surface area contributed by atoms with Gasteiger partial charge in [0.1, 0.15) is 11.6 Å². The molecule has 3 amide bonds. The predicted molar refractivity (Wildman–Crippen MR) is 156 cm³/mol. The van der Waals surface area contributed by atoms with Crippen LogP contribution in [0.4, 0.5) is 4.79 Å². The highest BCUT2D eigenvalue weighted by Crippen LogP contribution is 2.26. The number of carboxylic acid groups (broad SMARTS) is 1. The number of rotatable bonds is 10. The van der Waals surface area contributed by atoms with Gasteiger partial charge in [0.2, 0.25) is 0 Å². The van der Waals surface area contributed by atoms with Gasteiger partial charge < -0.3 is 35.9 Å². The Hall–Kier alpha value is -5.23. The summed E-state index contributed by atoms with van der Waals surface area (Å²) < 4.78 is 0. The number of carbonyl (C=O) groups is 3. The quantitative estimate of drug-likeness (QED) is 0.144. The highest BCUT2D eigenvalue weighted by Gasteiger charge is 2.13. The predicted octanol–water partition coefficient (Wildman–Crippen LogP) is 3.06. The number of aromatic amines is 2. The van der Waals surface area contributed by atoms with E-state index in [9.17, 15) is 14.4 Å². The molecule has 5 aromatic rings. The highest BCUT2D eigenvalue weighted by molar-refractivity contribution is 5.98. The van der Waals surface area contributed by atoms with E-state index in [1.54, 1.807) is 30.3 Å². The average molecular weight is 555 g/mol. The Bertz CT molecular complexity index is 1720. The number of hydrogen-bond donors (Lipinski definition) is 6. The lowest BCUT2D eigenvalue weighted by Gasteiger charge is -2.10. The Morgan fingerprint density at radius 1 is 0.707 bits per heavy atom. The number of aromatic nitrogens is 4. The summed E-state index contributed by atoms with van der Waals surface area (Å²) in [6, 6.07) is 18.3. The van der Waals surface area contributed by atoms with Crippen LogP contribution in [0.5, 0.6) is 0 Å². The second-order valence-corrected chi connectivity index (χ2v) is 9.76. The number of hydrogen-bond acceptors (Lipinski definition) is 6. The molecule has 0 bridgehead atoms. The summed E-state index contributed by atoms with van der Waals surface area (Å²) in [6.45, 7) is 1.64. The van der Waals surface area contributed by atoms with E-state index in [2.05, 4.69) is 35.9 Å². The molecule has 5 rings (SSSR count). The third-order valence-corrected chi connectivity index (χ3v) is 6.45. The van der Waals surface area contributed by atoms with Crippen LogP contribution in [0.25, 0.3) is 44.8 Å². The summed E-state index contributed by atoms with van der Waals surface area (Å²) >= 11 is 0. The van der Waals surface area contributed by atoms with Crippen LogP contribution in [0.15, 0.2) is 60.7 Å². The maximum absolute atomic E-state index is 12.5. The number of carbonyl (C=O) groups excluding carboxylic acids is 2. The van der Waals surface area contributed by atoms with Crippen LogP contribution in [0.3, 0.4) is 0 Å². The SMILES string of the molecule is CN(C)CCNC(=O)c1ccc2nc(-c3ccc(-c4nc5ccc(C(=O)NCCNC(=O)O)cc5[nH]4)cc3)[nH]c2c1. The summed E-state index contributed by atoms with van der Waals surface area (Å²) in [5.74, 6) is 0.920. The Labute approximate surface area is 235 Å². The maximum Gasteiger partial charge on any atom is 0.404 e. The van der Waals surface area contributed by atoms with Gasteiger partial charge in [-0.1, -0.05) is 24.3 Å². The van der Waals surface area contributed by atoms with Crippen molar-refractivity contribution in [3.63, 3.8) is 0 Å². The number of H-pyrrole nitrogens is 2. The molecule has 0 saturated carbocycles. The van der Waals surface area contributed by atoms with E-state index in [0.717, 1.165) is 28.7 Å². The maximum atomic E-state index is 12.5. The second kappa shape index (κ2) is 11.9. The third-order valence-electron chi connectivity index (χ3n) is 6.45. The number of benzene rings is 3. The van der Waals surface area contributed by atoms with Crippen molar-refractivity contribution in [2.75, 3.05) is 40.3 Å². The summed E-state index contributed by atoms with van der Waals surface area (Å²) in [5, 5.41) is 16.4. The summed E-state index contributed by atoms with van der Waals surface area (Å²) in [6.07, 6.45) is -1.14. The molecule has 2 heterocycles. The van der Waals surface area contributed by atoms with Crippen LogP contribution in [-0.2, 0) is 0 Å². The molecular formula is C29H30N8O4. The molecule has 0 aliphatic carbocycles. The van der Waals surface area contributed by atoms with Gasteiger partial charge in [-0.25, -0.2) is 14.8 Å². The zero-order valence-corrected chi connectivity index (χ0v) is 22.6. The van der Waals surface area contributed by atoms with Crippen molar-refractivity contribution in [1.82, 2.24) is 40.8 Å². The minimum absolute atomic E-state index is 0.122. The molecule has 0 atom stereocenters. The van der Waals surface area contributed by atoms with Gasteiger partial charge in [0.25, 0.3) is 11.8 Å². The zero-order valence-electron chi connectivity index (χ0n) is 22.6. The number of nitrogens with zero attached hydrogens (tertiary/aromatic N) is 3. The van der Waals surface area contributed by atoms with Crippen LogP contribution in [0.2, 0.25) is 0 Å². The second-order valence-electron chi connectivity index (χ2n) is 9.76. The van der Waals surface area contributed by atoms with E-state index >= 15 is 0 Å². The molecule has 12 nitrogen and oxygen atoms in total. The first-order chi connectivity index (χ1) is 19.8. The van der Waals surface area contributed by atoms with Crippen molar-refractivity contribution >= 4 is 40.0 Å². The normalized spacial score (nSPS) is 11.2. The molecule has 0 aliphatic heterocycles. The molecule has 0 aliphatic rings. The van der Waals surface area contributed by atoms with Crippen molar-refractivity contribution in [3.8, 4) is 22.8 Å². The van der Waals surface area contributed by atoms with E-state index in [1.165, 1.54) is 0 Å². The number of amides is 3. The van der Waals surface area contributed by atoms with Gasteiger partial charge in [-0.05, 0) is 50.5 Å². The highest BCUT2D eigenvalue weighted by atomic mass is 16.4. The van der Waals surface area contributed by atoms with Crippen LogP contribution in [0.1, 0.15) is 20.7 Å². The number of fused-ring (bicyclic) bond motifs is 2. The lowest BCUT2D eigenvalue weighted by Crippen LogP contribution is -2.33. The molecule has 3 aromatic carbocycles. The van der Waals surface area contributed by atoms with Crippen LogP contribution < -0.4 is 16.0 Å². The first-order valence-electron chi connectivity index (χ1n) is 13.0. The lowest BCUT2D eigenvalue weighted by atomic mass is 10.1. The molecular weight excluding hydrogens is 524 g/mol. The van der Waals surface area contributed by atoms with E-state index in [4.69, 9.17) is 5.11 Å². The van der Waals surface area contributed by atoms with Crippen molar-refractivity contribution in [3.05, 3.63) is 71.8 Å². The van der Waals surface area contributed by atoms with Gasteiger partial charge >= 0.3 is 6.09 Å². The van der Waals surface area contributed by atoms with Crippen LogP contribution in [-0.4, -0.2) is 88.1 Å². The summed E-state index contributed by atoms with van der Waals surface area (Å²) in [5.41, 5.74) is 5.73. The van der Waals surface area contributed by atoms with Gasteiger partial charge in [0.15, 0.2) is 0 Å². The van der Waals surface area contributed by atoms with Gasteiger partial charge in [-0.2, -0.15) is 0 Å². The molecule has 210 valence electrons. The Kier molecular flexibility index (Phi) is 7.92. The first kappa shape index (κ1) is 27.3. The molecule has 12 heteroatoms. The van der Waals surface area contributed by atoms with Gasteiger partial charge in [0, 0.05) is 48.4 Å². The lowest BCUT2D eigenvalue weighted by molar-refractivity contribution is 0.0944. The standard InChI is InChI=1S/C29H30N8O4/c1-37(2)14-13-31-28(39)20-8-10-22-24(16-20)36-26(34-22)18-5-3-17(4-6-18)25-33-21-9-7-19(15-23(21)35-25)27(38)30-11-12-32-29(40)41/h3-10,15-16,32H,11-14H2,1-2H3,(H,30,38)(H,31,39)(H,33,35)(H,34,36)(H,40,41). The summed E-state index contributed by atoms with van der Waals surface area (Å²) in [4.78, 5) is 53.3. The topological polar surface area (TPSA) is 168 Å². The largest absolute Gasteiger partial charge is 0.465 e. The number of nitrogens with one attached hydrogen (secondary N) is 5. The Morgan fingerprint density at radius 2 is 1.17 bits per heavy atom. The fraction of sp³-hybridized carbons (Fsp3) is 0.207. The molecule has 0 saturated heterocycles. The van der Waals surface area contributed by atoms with Crippen molar-refractivity contribution < 1.29 is 19.5 Å². The molecule has 0 spiro atoms. The van der Waals surface area contributed by atoms with Gasteiger partial charge in [-0.3, -0.25) is 9.59 Å². The first-order valence-corrected chi connectivity index (χ1v) is 13.0. The van der Waals surface area contributed by atoms with Crippen LogP contribution >= 0.6 is 0 Å². The van der Waals surface area contributed by atoms with Gasteiger partial charge in [-0.15, -0.1) is 0 Å². The van der Waals surface area contributed by atoms with Crippen LogP contribution in [0, 0.1) is 0 Å². The fourth-order valence-electron chi connectivity index (χ4n) is 4.30. The molecule has 0 radical (unpaired) electrons. The molecule has 2 aromatic heterocycles. The number of likely N-dealkylation sites (N-methyl/N-ethyl adjacent to an activating group) is 1. The van der Waals surface area contributed by atoms with E-state index in [0.29, 0.717) is 40.4 Å². The minimum Gasteiger partial charge on any atom is -0.465 e. The Balaban J connectivity index is 1.28. The molecule has 0 unspecified atom stereocenters. The average Bonchev–Trinajstić information content (AvgIpc) is 3.58. The van der Waals surface area contributed by atoms with Crippen molar-refractivity contribution in [2.24, 2.45) is 0 Å². The Morgan fingerprint density at radius 3 is 1.63 bits per heavy atom. The number of imidazole rings is 2. The summed E-state index contributed by atoms with van der Waals surface area (Å²) in [7, 11) is 3.92. The minimum atomic E-state index is -1.14. The molecule has 0 fully saturated rings. The monoisotopic (exact) mass is 554 g/mol. The third kappa shape index (κ3) is 6.50.